The summed E-state index contributed by atoms with van der Waals surface area (Å²) in [4.78, 5) is 23.4. The second-order valence-electron chi connectivity index (χ2n) is 4.84. The van der Waals surface area contributed by atoms with Crippen LogP contribution in [-0.2, 0) is 20.7 Å². The lowest BCUT2D eigenvalue weighted by Gasteiger charge is -2.13. The van der Waals surface area contributed by atoms with Gasteiger partial charge in [0.1, 0.15) is 0 Å². The van der Waals surface area contributed by atoms with Gasteiger partial charge in [0.2, 0.25) is 0 Å². The highest BCUT2D eigenvalue weighted by molar-refractivity contribution is 6.42. The van der Waals surface area contributed by atoms with Crippen molar-refractivity contribution < 1.29 is 14.3 Å². The Kier molecular flexibility index (Phi) is 4.89. The molecule has 1 saturated carbocycles. The first-order valence-electron chi connectivity index (χ1n) is 6.39. The van der Waals surface area contributed by atoms with E-state index in [2.05, 4.69) is 5.32 Å². The van der Waals surface area contributed by atoms with Crippen molar-refractivity contribution in [2.45, 2.75) is 38.3 Å². The van der Waals surface area contributed by atoms with Crippen molar-refractivity contribution in [1.82, 2.24) is 5.32 Å². The first-order valence-corrected chi connectivity index (χ1v) is 7.15. The average molecular weight is 316 g/mol. The molecular formula is C14H15Cl2NO3. The summed E-state index contributed by atoms with van der Waals surface area (Å²) in [6, 6.07) is 5.18. The van der Waals surface area contributed by atoms with Crippen molar-refractivity contribution in [3.8, 4) is 0 Å². The third kappa shape index (κ3) is 4.39. The van der Waals surface area contributed by atoms with E-state index in [-0.39, 0.29) is 18.4 Å². The smallest absolute Gasteiger partial charge is 0.311 e. The molecule has 0 unspecified atom stereocenters. The molecule has 0 saturated heterocycles. The van der Waals surface area contributed by atoms with E-state index in [1.807, 2.05) is 0 Å². The second-order valence-corrected chi connectivity index (χ2v) is 5.65. The lowest BCUT2D eigenvalue weighted by Crippen LogP contribution is -2.37. The Morgan fingerprint density at radius 2 is 2.05 bits per heavy atom. The molecule has 0 heterocycles. The zero-order chi connectivity index (χ0) is 14.7. The molecule has 20 heavy (non-hydrogen) atoms. The van der Waals surface area contributed by atoms with Crippen molar-refractivity contribution in [3.05, 3.63) is 33.8 Å². The standard InChI is InChI=1S/C14H15Cl2NO3/c1-8(14(19)17-10-3-4-10)20-13(18)7-9-2-5-11(15)12(16)6-9/h2,5-6,8,10H,3-4,7H2,1H3,(H,17,19)/t8-/m0/s1. The van der Waals surface area contributed by atoms with Crippen LogP contribution in [-0.4, -0.2) is 24.0 Å². The molecule has 1 atom stereocenters. The number of carbonyl (C=O) groups excluding carboxylic acids is 2. The molecule has 0 aliphatic heterocycles. The van der Waals surface area contributed by atoms with E-state index < -0.39 is 12.1 Å². The van der Waals surface area contributed by atoms with E-state index in [0.717, 1.165) is 12.8 Å². The quantitative estimate of drug-likeness (QED) is 0.850. The molecule has 1 aromatic carbocycles. The van der Waals surface area contributed by atoms with E-state index >= 15 is 0 Å². The third-order valence-corrected chi connectivity index (χ3v) is 3.67. The first kappa shape index (κ1) is 15.1. The number of rotatable bonds is 5. The maximum Gasteiger partial charge on any atom is 0.311 e. The third-order valence-electron chi connectivity index (χ3n) is 2.93. The normalized spacial score (nSPS) is 15.6. The number of ether oxygens (including phenoxy) is 1. The minimum Gasteiger partial charge on any atom is -0.452 e. The molecule has 1 fully saturated rings. The van der Waals surface area contributed by atoms with Crippen molar-refractivity contribution in [1.29, 1.82) is 0 Å². The van der Waals surface area contributed by atoms with Crippen LogP contribution in [0.15, 0.2) is 18.2 Å². The molecule has 0 bridgehead atoms. The molecule has 0 aromatic heterocycles. The summed E-state index contributed by atoms with van der Waals surface area (Å²) in [5.41, 5.74) is 0.694. The van der Waals surface area contributed by atoms with Crippen molar-refractivity contribution in [3.63, 3.8) is 0 Å². The molecule has 6 heteroatoms. The Labute approximate surface area is 127 Å². The van der Waals surface area contributed by atoms with Crippen LogP contribution in [0.3, 0.4) is 0 Å². The van der Waals surface area contributed by atoms with Gasteiger partial charge in [-0.3, -0.25) is 9.59 Å². The van der Waals surface area contributed by atoms with Gasteiger partial charge in [0, 0.05) is 6.04 Å². The van der Waals surface area contributed by atoms with Crippen LogP contribution < -0.4 is 5.32 Å². The Bertz CT molecular complexity index is 529. The lowest BCUT2D eigenvalue weighted by atomic mass is 10.1. The Morgan fingerprint density at radius 1 is 1.35 bits per heavy atom. The van der Waals surface area contributed by atoms with Gasteiger partial charge >= 0.3 is 5.97 Å². The predicted molar refractivity (Wildman–Crippen MR) is 76.9 cm³/mol. The predicted octanol–water partition coefficient (Wildman–Crippen LogP) is 2.75. The lowest BCUT2D eigenvalue weighted by molar-refractivity contribution is -0.154. The fraction of sp³-hybridized carbons (Fsp3) is 0.429. The molecule has 1 aliphatic carbocycles. The van der Waals surface area contributed by atoms with Gasteiger partial charge in [-0.1, -0.05) is 29.3 Å². The number of halogens is 2. The van der Waals surface area contributed by atoms with E-state index in [9.17, 15) is 9.59 Å². The minimum atomic E-state index is -0.786. The molecule has 1 N–H and O–H groups in total. The first-order chi connectivity index (χ1) is 9.45. The molecule has 4 nitrogen and oxygen atoms in total. The van der Waals surface area contributed by atoms with Gasteiger partial charge < -0.3 is 10.1 Å². The summed E-state index contributed by atoms with van der Waals surface area (Å²) >= 11 is 11.7. The zero-order valence-electron chi connectivity index (χ0n) is 11.0. The van der Waals surface area contributed by atoms with Gasteiger partial charge in [0.15, 0.2) is 6.10 Å². The van der Waals surface area contributed by atoms with Gasteiger partial charge in [-0.2, -0.15) is 0 Å². The van der Waals surface area contributed by atoms with Crippen LogP contribution in [0, 0.1) is 0 Å². The highest BCUT2D eigenvalue weighted by Gasteiger charge is 2.27. The van der Waals surface area contributed by atoms with Gasteiger partial charge in [-0.05, 0) is 37.5 Å². The van der Waals surface area contributed by atoms with Crippen LogP contribution in [0.2, 0.25) is 10.0 Å². The number of benzene rings is 1. The van der Waals surface area contributed by atoms with E-state index in [1.165, 1.54) is 0 Å². The van der Waals surface area contributed by atoms with Gasteiger partial charge in [-0.25, -0.2) is 0 Å². The summed E-state index contributed by atoms with van der Waals surface area (Å²) < 4.78 is 5.09. The average Bonchev–Trinajstić information content (AvgIpc) is 3.17. The maximum absolute atomic E-state index is 11.7. The Morgan fingerprint density at radius 3 is 2.65 bits per heavy atom. The van der Waals surface area contributed by atoms with Crippen molar-refractivity contribution in [2.24, 2.45) is 0 Å². The van der Waals surface area contributed by atoms with Gasteiger partial charge in [0.05, 0.1) is 16.5 Å². The molecule has 108 valence electrons. The number of amides is 1. The molecule has 1 amide bonds. The second kappa shape index (κ2) is 6.46. The Balaban J connectivity index is 1.84. The fourth-order valence-electron chi connectivity index (χ4n) is 1.65. The summed E-state index contributed by atoms with van der Waals surface area (Å²) in [6.07, 6.45) is 1.26. The fourth-order valence-corrected chi connectivity index (χ4v) is 1.98. The van der Waals surface area contributed by atoms with Crippen LogP contribution >= 0.6 is 23.2 Å². The summed E-state index contributed by atoms with van der Waals surface area (Å²) in [6.45, 7) is 1.56. The van der Waals surface area contributed by atoms with Gasteiger partial charge in [-0.15, -0.1) is 0 Å². The van der Waals surface area contributed by atoms with E-state index in [0.29, 0.717) is 15.6 Å². The summed E-state index contributed by atoms with van der Waals surface area (Å²) in [5, 5.41) is 3.60. The summed E-state index contributed by atoms with van der Waals surface area (Å²) in [5.74, 6) is -0.725. The Hall–Kier alpha value is -1.26. The number of hydrogen-bond acceptors (Lipinski definition) is 3. The zero-order valence-corrected chi connectivity index (χ0v) is 12.5. The highest BCUT2D eigenvalue weighted by Crippen LogP contribution is 2.23. The maximum atomic E-state index is 11.7. The number of carbonyl (C=O) groups is 2. The minimum absolute atomic E-state index is 0.0535. The van der Waals surface area contributed by atoms with Crippen LogP contribution in [0.4, 0.5) is 0 Å². The molecule has 0 radical (unpaired) electrons. The van der Waals surface area contributed by atoms with Gasteiger partial charge in [0.25, 0.3) is 5.91 Å². The molecule has 1 aromatic rings. The topological polar surface area (TPSA) is 55.4 Å². The van der Waals surface area contributed by atoms with Crippen LogP contribution in [0.25, 0.3) is 0 Å². The highest BCUT2D eigenvalue weighted by atomic mass is 35.5. The molecule has 0 spiro atoms. The number of nitrogens with one attached hydrogen (secondary N) is 1. The summed E-state index contributed by atoms with van der Waals surface area (Å²) in [7, 11) is 0. The van der Waals surface area contributed by atoms with E-state index in [4.69, 9.17) is 27.9 Å². The number of hydrogen-bond donors (Lipinski definition) is 1. The number of esters is 1. The molecular weight excluding hydrogens is 301 g/mol. The van der Waals surface area contributed by atoms with Crippen molar-refractivity contribution in [2.75, 3.05) is 0 Å². The molecule has 1 aliphatic rings. The SMILES string of the molecule is C[C@H](OC(=O)Cc1ccc(Cl)c(Cl)c1)C(=O)NC1CC1. The molecule has 2 rings (SSSR count). The largest absolute Gasteiger partial charge is 0.452 e. The van der Waals surface area contributed by atoms with E-state index in [1.54, 1.807) is 25.1 Å². The van der Waals surface area contributed by atoms with Crippen LogP contribution in [0.5, 0.6) is 0 Å². The monoisotopic (exact) mass is 315 g/mol. The van der Waals surface area contributed by atoms with Crippen molar-refractivity contribution >= 4 is 35.1 Å². The van der Waals surface area contributed by atoms with Crippen LogP contribution in [0.1, 0.15) is 25.3 Å².